The van der Waals surface area contributed by atoms with Gasteiger partial charge in [0.1, 0.15) is 11.6 Å². The van der Waals surface area contributed by atoms with Crippen LogP contribution in [0.3, 0.4) is 0 Å². The zero-order chi connectivity index (χ0) is 35.7. The third kappa shape index (κ3) is 6.57. The van der Waals surface area contributed by atoms with Crippen LogP contribution in [-0.4, -0.2) is 19.6 Å². The van der Waals surface area contributed by atoms with E-state index in [1.165, 1.54) is 0 Å². The van der Waals surface area contributed by atoms with Crippen LogP contribution in [0.2, 0.25) is 0 Å². The second kappa shape index (κ2) is 14.9. The Labute approximate surface area is 329 Å². The van der Waals surface area contributed by atoms with Gasteiger partial charge in [-0.25, -0.2) is 4.98 Å². The van der Waals surface area contributed by atoms with Gasteiger partial charge in [0, 0.05) is 38.5 Å². The summed E-state index contributed by atoms with van der Waals surface area (Å²) in [7, 11) is 0. The van der Waals surface area contributed by atoms with Crippen LogP contribution in [0.1, 0.15) is 5.56 Å². The number of benzene rings is 7. The molecule has 9 rings (SSSR count). The SMILES string of the molecule is Cc1ccc(-n2c(-c3ccccc3O)nc3c(-c4[c-]c(-c5cc(-c6ccccc6)ccn5)cc(-c5ccccc5)c4)cccc32)c(-c2ccccc2)c1.[Pt]. The van der Waals surface area contributed by atoms with Crippen LogP contribution in [0, 0.1) is 13.0 Å². The Morgan fingerprint density at radius 3 is 1.87 bits per heavy atom. The maximum atomic E-state index is 11.2. The number of nitrogens with zero attached hydrogens (tertiary/aromatic N) is 3. The smallest absolute Gasteiger partial charge is 0.148 e. The molecule has 0 spiro atoms. The standard InChI is InChI=1S/C49H34N3O.Pt/c1-33-24-25-45(43(28-33)36-18-9-4-10-19-36)52-46-22-13-21-41(48(46)51-49(52)42-20-11-12-23-47(42)53)39-29-38(35-16-7-3-8-17-35)30-40(31-39)44-32-37(26-27-50-44)34-14-5-2-6-15-34;/h2-30,32,53H,1H3;/q-1;. The van der Waals surface area contributed by atoms with Crippen LogP contribution in [-0.2, 0) is 21.1 Å². The van der Waals surface area contributed by atoms with Gasteiger partial charge in [0.05, 0.1) is 22.3 Å². The number of fused-ring (bicyclic) bond motifs is 1. The third-order valence-electron chi connectivity index (χ3n) is 9.72. The quantitative estimate of drug-likeness (QED) is 0.162. The average Bonchev–Trinajstić information content (AvgIpc) is 3.61. The molecule has 0 fully saturated rings. The molecule has 1 N–H and O–H groups in total. The first-order chi connectivity index (χ1) is 26.1. The molecule has 0 unspecified atom stereocenters. The van der Waals surface area contributed by atoms with E-state index < -0.39 is 0 Å². The summed E-state index contributed by atoms with van der Waals surface area (Å²) in [4.78, 5) is 10.2. The van der Waals surface area contributed by atoms with Gasteiger partial charge in [-0.05, 0) is 65.6 Å². The predicted molar refractivity (Wildman–Crippen MR) is 217 cm³/mol. The topological polar surface area (TPSA) is 50.9 Å². The molecule has 54 heavy (non-hydrogen) atoms. The number of para-hydroxylation sites is 2. The molecule has 9 aromatic rings. The van der Waals surface area contributed by atoms with E-state index >= 15 is 0 Å². The maximum Gasteiger partial charge on any atom is 0.148 e. The van der Waals surface area contributed by atoms with E-state index in [-0.39, 0.29) is 26.8 Å². The molecule has 0 atom stereocenters. The molecular weight excluding hydrogens is 842 g/mol. The Morgan fingerprint density at radius 2 is 1.15 bits per heavy atom. The van der Waals surface area contributed by atoms with E-state index in [0.29, 0.717) is 11.4 Å². The molecule has 0 aliphatic rings. The van der Waals surface area contributed by atoms with E-state index in [2.05, 4.69) is 145 Å². The fraction of sp³-hybridized carbons (Fsp3) is 0.0204. The fourth-order valence-electron chi connectivity index (χ4n) is 7.14. The predicted octanol–water partition coefficient (Wildman–Crippen LogP) is 12.2. The van der Waals surface area contributed by atoms with Crippen molar-refractivity contribution in [1.82, 2.24) is 14.5 Å². The molecule has 0 saturated heterocycles. The summed E-state index contributed by atoms with van der Waals surface area (Å²) in [6, 6.07) is 63.7. The number of imidazole rings is 1. The Hall–Kier alpha value is -6.35. The summed E-state index contributed by atoms with van der Waals surface area (Å²) < 4.78 is 2.18. The Kier molecular flexibility index (Phi) is 9.61. The van der Waals surface area contributed by atoms with Gasteiger partial charge in [-0.2, -0.15) is 0 Å². The largest absolute Gasteiger partial charge is 0.507 e. The molecule has 262 valence electrons. The van der Waals surface area contributed by atoms with Gasteiger partial charge in [0.2, 0.25) is 0 Å². The minimum absolute atomic E-state index is 0. The molecule has 0 aliphatic heterocycles. The molecule has 0 amide bonds. The maximum absolute atomic E-state index is 11.2. The first-order valence-corrected chi connectivity index (χ1v) is 17.7. The third-order valence-corrected chi connectivity index (χ3v) is 9.72. The fourth-order valence-corrected chi connectivity index (χ4v) is 7.14. The van der Waals surface area contributed by atoms with Gasteiger partial charge in [-0.15, -0.1) is 23.8 Å². The Balaban J connectivity index is 0.00000413. The van der Waals surface area contributed by atoms with Gasteiger partial charge in [-0.1, -0.05) is 150 Å². The van der Waals surface area contributed by atoms with Crippen LogP contribution in [0.25, 0.3) is 83.9 Å². The second-order valence-corrected chi connectivity index (χ2v) is 13.2. The van der Waals surface area contributed by atoms with Crippen molar-refractivity contribution in [2.45, 2.75) is 6.92 Å². The van der Waals surface area contributed by atoms with Crippen molar-refractivity contribution in [2.75, 3.05) is 0 Å². The summed E-state index contributed by atoms with van der Waals surface area (Å²) >= 11 is 0. The summed E-state index contributed by atoms with van der Waals surface area (Å²) in [5.74, 6) is 0.825. The van der Waals surface area contributed by atoms with Gasteiger partial charge in [0.25, 0.3) is 0 Å². The van der Waals surface area contributed by atoms with Crippen LogP contribution < -0.4 is 0 Å². The molecule has 7 aromatic carbocycles. The van der Waals surface area contributed by atoms with Crippen molar-refractivity contribution in [1.29, 1.82) is 0 Å². The van der Waals surface area contributed by atoms with Crippen molar-refractivity contribution >= 4 is 11.0 Å². The van der Waals surface area contributed by atoms with Crippen molar-refractivity contribution < 1.29 is 26.2 Å². The number of hydrogen-bond acceptors (Lipinski definition) is 3. The minimum Gasteiger partial charge on any atom is -0.507 e. The number of aromatic nitrogens is 3. The minimum atomic E-state index is 0. The molecule has 4 nitrogen and oxygen atoms in total. The van der Waals surface area contributed by atoms with Crippen LogP contribution in [0.5, 0.6) is 5.75 Å². The van der Waals surface area contributed by atoms with Gasteiger partial charge in [0.15, 0.2) is 0 Å². The summed E-state index contributed by atoms with van der Waals surface area (Å²) in [5, 5.41) is 11.2. The molecule has 5 heteroatoms. The number of rotatable bonds is 7. The number of pyridine rings is 1. The molecule has 2 aromatic heterocycles. The summed E-state index contributed by atoms with van der Waals surface area (Å²) in [5.41, 5.74) is 14.7. The monoisotopic (exact) mass is 875 g/mol. The van der Waals surface area contributed by atoms with Gasteiger partial charge in [-0.3, -0.25) is 9.55 Å². The molecule has 0 aliphatic carbocycles. The number of phenols is 1. The van der Waals surface area contributed by atoms with Crippen molar-refractivity contribution in [3.05, 3.63) is 194 Å². The van der Waals surface area contributed by atoms with Gasteiger partial charge >= 0.3 is 0 Å². The zero-order valence-corrected chi connectivity index (χ0v) is 31.7. The van der Waals surface area contributed by atoms with Crippen molar-refractivity contribution in [3.63, 3.8) is 0 Å². The van der Waals surface area contributed by atoms with Crippen LogP contribution >= 0.6 is 0 Å². The Morgan fingerprint density at radius 1 is 0.519 bits per heavy atom. The first kappa shape index (κ1) is 34.7. The molecule has 0 radical (unpaired) electrons. The molecular formula is C49H34N3OPt-. The van der Waals surface area contributed by atoms with Crippen molar-refractivity contribution in [3.8, 4) is 78.6 Å². The number of aromatic hydroxyl groups is 1. The number of hydrogen-bond donors (Lipinski definition) is 1. The van der Waals surface area contributed by atoms with Crippen molar-refractivity contribution in [2.24, 2.45) is 0 Å². The van der Waals surface area contributed by atoms with E-state index in [1.807, 2.05) is 48.7 Å². The summed E-state index contributed by atoms with van der Waals surface area (Å²) in [6.07, 6.45) is 1.87. The van der Waals surface area contributed by atoms with Crippen LogP contribution in [0.4, 0.5) is 0 Å². The number of aryl methyl sites for hydroxylation is 1. The normalized spacial score (nSPS) is 11.0. The van der Waals surface area contributed by atoms with Crippen LogP contribution in [0.15, 0.2) is 182 Å². The molecule has 0 bridgehead atoms. The first-order valence-electron chi connectivity index (χ1n) is 17.7. The Bertz CT molecular complexity index is 2740. The van der Waals surface area contributed by atoms with E-state index in [9.17, 15) is 5.11 Å². The second-order valence-electron chi connectivity index (χ2n) is 13.2. The van der Waals surface area contributed by atoms with Gasteiger partial charge < -0.3 is 5.11 Å². The van der Waals surface area contributed by atoms with E-state index in [0.717, 1.165) is 78.0 Å². The summed E-state index contributed by atoms with van der Waals surface area (Å²) in [6.45, 7) is 2.11. The molecule has 0 saturated carbocycles. The average molecular weight is 876 g/mol. The molecule has 2 heterocycles. The zero-order valence-electron chi connectivity index (χ0n) is 29.4. The van der Waals surface area contributed by atoms with E-state index in [1.54, 1.807) is 6.07 Å². The van der Waals surface area contributed by atoms with E-state index in [4.69, 9.17) is 9.97 Å². The number of phenolic OH excluding ortho intramolecular Hbond substituents is 1.